The van der Waals surface area contributed by atoms with Crippen LogP contribution in [0.15, 0.2) is 35.7 Å². The summed E-state index contributed by atoms with van der Waals surface area (Å²) in [6.45, 7) is 2.13. The molecule has 0 spiro atoms. The summed E-state index contributed by atoms with van der Waals surface area (Å²) in [5.74, 6) is -0.0428. The highest BCUT2D eigenvalue weighted by Gasteiger charge is 2.38. The number of amides is 1. The summed E-state index contributed by atoms with van der Waals surface area (Å²) in [7, 11) is 0. The molecule has 0 fully saturated rings. The van der Waals surface area contributed by atoms with E-state index < -0.39 is 11.9 Å². The van der Waals surface area contributed by atoms with Crippen LogP contribution in [0.1, 0.15) is 39.0 Å². The van der Waals surface area contributed by atoms with Gasteiger partial charge in [-0.25, -0.2) is 4.98 Å². The molecular formula is C18H23F3N4O. The topological polar surface area (TPSA) is 77.9 Å². The number of carbonyl (C=O) groups is 1. The fraction of sp³-hybridized carbons (Fsp3) is 0.500. The van der Waals surface area contributed by atoms with Crippen molar-refractivity contribution in [2.75, 3.05) is 11.9 Å². The SMILES string of the molecule is CC(CCNC1=C(C(=N)C(F)(F)F)CCCC1)C(=O)Nc1ccccn1. The Morgan fingerprint density at radius 3 is 2.69 bits per heavy atom. The monoisotopic (exact) mass is 368 g/mol. The van der Waals surface area contributed by atoms with Gasteiger partial charge >= 0.3 is 6.18 Å². The van der Waals surface area contributed by atoms with E-state index in [9.17, 15) is 18.0 Å². The molecule has 1 amide bonds. The van der Waals surface area contributed by atoms with Gasteiger partial charge in [-0.05, 0) is 44.2 Å². The summed E-state index contributed by atoms with van der Waals surface area (Å²) in [5.41, 5.74) is -0.731. The second-order valence-corrected chi connectivity index (χ2v) is 6.36. The van der Waals surface area contributed by atoms with Crippen molar-refractivity contribution in [1.82, 2.24) is 10.3 Å². The molecule has 1 unspecified atom stereocenters. The van der Waals surface area contributed by atoms with Gasteiger partial charge in [0.25, 0.3) is 0 Å². The fourth-order valence-electron chi connectivity index (χ4n) is 2.80. The average molecular weight is 368 g/mol. The van der Waals surface area contributed by atoms with Crippen LogP contribution in [0.4, 0.5) is 19.0 Å². The molecule has 142 valence electrons. The second kappa shape index (κ2) is 8.82. The predicted octanol–water partition coefficient (Wildman–Crippen LogP) is 4.05. The number of hydrogen-bond acceptors (Lipinski definition) is 4. The van der Waals surface area contributed by atoms with Crippen LogP contribution in [0.3, 0.4) is 0 Å². The molecule has 0 aromatic carbocycles. The number of halogens is 3. The highest BCUT2D eigenvalue weighted by atomic mass is 19.4. The molecule has 1 aliphatic rings. The Kier molecular flexibility index (Phi) is 6.76. The van der Waals surface area contributed by atoms with Crippen molar-refractivity contribution in [2.45, 2.75) is 45.2 Å². The highest BCUT2D eigenvalue weighted by molar-refractivity contribution is 6.02. The molecule has 1 aromatic heterocycles. The predicted molar refractivity (Wildman–Crippen MR) is 93.9 cm³/mol. The number of aromatic nitrogens is 1. The Hall–Kier alpha value is -2.38. The van der Waals surface area contributed by atoms with Crippen molar-refractivity contribution >= 4 is 17.4 Å². The van der Waals surface area contributed by atoms with Gasteiger partial charge in [0, 0.05) is 29.9 Å². The third kappa shape index (κ3) is 5.57. The van der Waals surface area contributed by atoms with Crippen LogP contribution in [0.25, 0.3) is 0 Å². The van der Waals surface area contributed by atoms with E-state index in [0.29, 0.717) is 37.3 Å². The average Bonchev–Trinajstić information content (AvgIpc) is 2.61. The molecule has 1 heterocycles. The summed E-state index contributed by atoms with van der Waals surface area (Å²) >= 11 is 0. The molecule has 8 heteroatoms. The number of pyridine rings is 1. The van der Waals surface area contributed by atoms with E-state index in [2.05, 4.69) is 15.6 Å². The number of nitrogens with zero attached hydrogens (tertiary/aromatic N) is 1. The lowest BCUT2D eigenvalue weighted by atomic mass is 9.92. The van der Waals surface area contributed by atoms with Gasteiger partial charge in [0.1, 0.15) is 11.5 Å². The van der Waals surface area contributed by atoms with E-state index in [-0.39, 0.29) is 23.8 Å². The maximum Gasteiger partial charge on any atom is 0.432 e. The first-order valence-corrected chi connectivity index (χ1v) is 8.63. The molecule has 0 aliphatic heterocycles. The lowest BCUT2D eigenvalue weighted by Gasteiger charge is -2.23. The van der Waals surface area contributed by atoms with Crippen molar-refractivity contribution < 1.29 is 18.0 Å². The van der Waals surface area contributed by atoms with Crippen LogP contribution >= 0.6 is 0 Å². The van der Waals surface area contributed by atoms with Crippen LogP contribution in [0, 0.1) is 11.3 Å². The Morgan fingerprint density at radius 2 is 2.04 bits per heavy atom. The molecular weight excluding hydrogens is 345 g/mol. The van der Waals surface area contributed by atoms with Crippen molar-refractivity contribution in [3.63, 3.8) is 0 Å². The van der Waals surface area contributed by atoms with E-state index in [4.69, 9.17) is 5.41 Å². The minimum Gasteiger partial charge on any atom is -0.388 e. The Morgan fingerprint density at radius 1 is 1.31 bits per heavy atom. The lowest BCUT2D eigenvalue weighted by Crippen LogP contribution is -2.31. The van der Waals surface area contributed by atoms with E-state index >= 15 is 0 Å². The standard InChI is InChI=1S/C18H23F3N4O/c1-12(17(26)25-15-8-4-5-10-24-15)9-11-23-14-7-3-2-6-13(14)16(22)18(19,20)21/h4-5,8,10,12,22-23H,2-3,6-7,9,11H2,1H3,(H,24,25,26). The Bertz CT molecular complexity index is 671. The molecule has 2 rings (SSSR count). The molecule has 1 atom stereocenters. The molecule has 0 radical (unpaired) electrons. The zero-order valence-electron chi connectivity index (χ0n) is 14.6. The first-order chi connectivity index (χ1) is 12.3. The van der Waals surface area contributed by atoms with E-state index in [1.54, 1.807) is 31.3 Å². The van der Waals surface area contributed by atoms with Gasteiger partial charge in [-0.2, -0.15) is 13.2 Å². The van der Waals surface area contributed by atoms with Crippen molar-refractivity contribution in [3.8, 4) is 0 Å². The molecule has 0 bridgehead atoms. The van der Waals surface area contributed by atoms with Crippen LogP contribution in [0.5, 0.6) is 0 Å². The third-order valence-electron chi connectivity index (χ3n) is 4.33. The van der Waals surface area contributed by atoms with Crippen LogP contribution < -0.4 is 10.6 Å². The van der Waals surface area contributed by atoms with Crippen molar-refractivity contribution in [2.24, 2.45) is 5.92 Å². The second-order valence-electron chi connectivity index (χ2n) is 6.36. The largest absolute Gasteiger partial charge is 0.432 e. The summed E-state index contributed by atoms with van der Waals surface area (Å²) in [4.78, 5) is 16.1. The zero-order chi connectivity index (χ0) is 19.2. The van der Waals surface area contributed by atoms with E-state index in [0.717, 1.165) is 6.42 Å². The molecule has 0 saturated carbocycles. The summed E-state index contributed by atoms with van der Waals surface area (Å²) in [6, 6.07) is 5.20. The van der Waals surface area contributed by atoms with Gasteiger partial charge in [-0.15, -0.1) is 0 Å². The maximum absolute atomic E-state index is 12.8. The van der Waals surface area contributed by atoms with Gasteiger partial charge in [-0.3, -0.25) is 10.2 Å². The van der Waals surface area contributed by atoms with E-state index in [1.165, 1.54) is 0 Å². The minimum absolute atomic E-state index is 0.0503. The summed E-state index contributed by atoms with van der Waals surface area (Å²) in [5, 5.41) is 13.1. The van der Waals surface area contributed by atoms with Crippen LogP contribution in [-0.4, -0.2) is 29.3 Å². The fourth-order valence-corrected chi connectivity index (χ4v) is 2.80. The summed E-state index contributed by atoms with van der Waals surface area (Å²) in [6.07, 6.45) is -0.369. The van der Waals surface area contributed by atoms with Gasteiger partial charge in [0.2, 0.25) is 5.91 Å². The number of hydrogen-bond donors (Lipinski definition) is 3. The number of alkyl halides is 3. The maximum atomic E-state index is 12.8. The molecule has 3 N–H and O–H groups in total. The first kappa shape index (κ1) is 19.9. The molecule has 1 aromatic rings. The molecule has 26 heavy (non-hydrogen) atoms. The van der Waals surface area contributed by atoms with Crippen LogP contribution in [0.2, 0.25) is 0 Å². The molecule has 5 nitrogen and oxygen atoms in total. The normalized spacial score (nSPS) is 16.2. The quantitative estimate of drug-likeness (QED) is 0.636. The third-order valence-corrected chi connectivity index (χ3v) is 4.33. The van der Waals surface area contributed by atoms with Gasteiger partial charge in [-0.1, -0.05) is 13.0 Å². The first-order valence-electron chi connectivity index (χ1n) is 8.63. The lowest BCUT2D eigenvalue weighted by molar-refractivity contribution is -0.119. The van der Waals surface area contributed by atoms with Gasteiger partial charge in [0.15, 0.2) is 0 Å². The smallest absolute Gasteiger partial charge is 0.388 e. The zero-order valence-corrected chi connectivity index (χ0v) is 14.6. The highest BCUT2D eigenvalue weighted by Crippen LogP contribution is 2.30. The van der Waals surface area contributed by atoms with Gasteiger partial charge in [0.05, 0.1) is 0 Å². The number of allylic oxidation sites excluding steroid dienone is 2. The van der Waals surface area contributed by atoms with Crippen molar-refractivity contribution in [3.05, 3.63) is 35.7 Å². The summed E-state index contributed by atoms with van der Waals surface area (Å²) < 4.78 is 38.5. The molecule has 1 aliphatic carbocycles. The van der Waals surface area contributed by atoms with Crippen LogP contribution in [-0.2, 0) is 4.79 Å². The number of carbonyl (C=O) groups excluding carboxylic acids is 1. The number of nitrogens with one attached hydrogen (secondary N) is 3. The number of rotatable bonds is 7. The van der Waals surface area contributed by atoms with Gasteiger partial charge < -0.3 is 10.6 Å². The minimum atomic E-state index is -4.63. The molecule has 0 saturated heterocycles. The van der Waals surface area contributed by atoms with E-state index in [1.807, 2.05) is 0 Å². The Labute approximate surface area is 150 Å². The number of anilines is 1. The van der Waals surface area contributed by atoms with Crippen molar-refractivity contribution in [1.29, 1.82) is 5.41 Å². The Balaban J connectivity index is 1.89.